The van der Waals surface area contributed by atoms with Crippen LogP contribution in [0.2, 0.25) is 5.02 Å². The van der Waals surface area contributed by atoms with Crippen LogP contribution in [0.15, 0.2) is 12.1 Å². The Hall–Kier alpha value is -0.800. The molecule has 72 valence electrons. The minimum Gasteiger partial charge on any atom is -0.496 e. The monoisotopic (exact) mass is 203 g/mol. The van der Waals surface area contributed by atoms with Crippen molar-refractivity contribution in [3.05, 3.63) is 28.5 Å². The van der Waals surface area contributed by atoms with Crippen LogP contribution in [0.25, 0.3) is 0 Å². The Morgan fingerprint density at radius 1 is 1.54 bits per heavy atom. The lowest BCUT2D eigenvalue weighted by molar-refractivity contribution is 0.405. The van der Waals surface area contributed by atoms with E-state index in [0.29, 0.717) is 11.3 Å². The second-order valence-corrected chi connectivity index (χ2v) is 3.14. The van der Waals surface area contributed by atoms with Crippen molar-refractivity contribution in [2.45, 2.75) is 13.0 Å². The summed E-state index contributed by atoms with van der Waals surface area (Å²) in [4.78, 5) is 0. The summed E-state index contributed by atoms with van der Waals surface area (Å²) in [5.74, 6) is 0.0381. The van der Waals surface area contributed by atoms with E-state index in [9.17, 15) is 4.39 Å². The molecule has 2 nitrogen and oxygen atoms in total. The van der Waals surface area contributed by atoms with Crippen LogP contribution in [-0.4, -0.2) is 7.11 Å². The molecule has 0 bridgehead atoms. The highest BCUT2D eigenvalue weighted by atomic mass is 35.5. The van der Waals surface area contributed by atoms with Crippen molar-refractivity contribution < 1.29 is 9.13 Å². The molecule has 1 atom stereocenters. The number of nitrogens with two attached hydrogens (primary N) is 1. The Morgan fingerprint density at radius 2 is 2.15 bits per heavy atom. The van der Waals surface area contributed by atoms with Crippen molar-refractivity contribution in [2.75, 3.05) is 7.11 Å². The normalized spacial score (nSPS) is 12.7. The molecule has 0 fully saturated rings. The summed E-state index contributed by atoms with van der Waals surface area (Å²) >= 11 is 5.74. The van der Waals surface area contributed by atoms with Crippen LogP contribution in [0.4, 0.5) is 4.39 Å². The summed E-state index contributed by atoms with van der Waals surface area (Å²) in [5, 5.41) is 0.0364. The summed E-state index contributed by atoms with van der Waals surface area (Å²) in [5.41, 5.74) is 6.13. The third kappa shape index (κ3) is 1.92. The Kier molecular flexibility index (Phi) is 3.12. The van der Waals surface area contributed by atoms with Crippen LogP contribution < -0.4 is 10.5 Å². The van der Waals surface area contributed by atoms with Gasteiger partial charge in [0.15, 0.2) is 0 Å². The Morgan fingerprint density at radius 3 is 2.62 bits per heavy atom. The van der Waals surface area contributed by atoms with Gasteiger partial charge in [-0.1, -0.05) is 11.6 Å². The average Bonchev–Trinajstić information content (AvgIpc) is 2.08. The molecule has 1 aromatic rings. The van der Waals surface area contributed by atoms with Gasteiger partial charge in [-0.05, 0) is 19.1 Å². The van der Waals surface area contributed by atoms with Gasteiger partial charge < -0.3 is 10.5 Å². The quantitative estimate of drug-likeness (QED) is 0.802. The zero-order valence-electron chi connectivity index (χ0n) is 7.47. The maximum absolute atomic E-state index is 13.0. The summed E-state index contributed by atoms with van der Waals surface area (Å²) in [7, 11) is 1.50. The summed E-state index contributed by atoms with van der Waals surface area (Å²) in [6.07, 6.45) is 0. The van der Waals surface area contributed by atoms with Gasteiger partial charge in [0.2, 0.25) is 0 Å². The molecule has 0 radical (unpaired) electrons. The van der Waals surface area contributed by atoms with E-state index >= 15 is 0 Å². The van der Waals surface area contributed by atoms with Gasteiger partial charge in [0.1, 0.15) is 11.6 Å². The van der Waals surface area contributed by atoms with E-state index < -0.39 is 5.82 Å². The van der Waals surface area contributed by atoms with Gasteiger partial charge in [0, 0.05) is 11.6 Å². The first-order valence-corrected chi connectivity index (χ1v) is 4.23. The van der Waals surface area contributed by atoms with E-state index in [1.165, 1.54) is 19.2 Å². The van der Waals surface area contributed by atoms with E-state index in [-0.39, 0.29) is 11.1 Å². The van der Waals surface area contributed by atoms with Crippen molar-refractivity contribution in [2.24, 2.45) is 5.73 Å². The summed E-state index contributed by atoms with van der Waals surface area (Å²) < 4.78 is 18.0. The minimum absolute atomic E-state index is 0.0364. The van der Waals surface area contributed by atoms with Crippen LogP contribution in [0.1, 0.15) is 18.5 Å². The molecule has 1 rings (SSSR count). The maximum Gasteiger partial charge on any atom is 0.142 e. The number of hydrogen-bond donors (Lipinski definition) is 1. The first-order valence-electron chi connectivity index (χ1n) is 3.85. The van der Waals surface area contributed by atoms with Crippen molar-refractivity contribution in [3.8, 4) is 5.75 Å². The third-order valence-corrected chi connectivity index (χ3v) is 2.15. The van der Waals surface area contributed by atoms with E-state index in [2.05, 4.69) is 0 Å². The molecule has 0 amide bonds. The predicted octanol–water partition coefficient (Wildman–Crippen LogP) is 2.51. The van der Waals surface area contributed by atoms with Gasteiger partial charge in [0.25, 0.3) is 0 Å². The molecule has 0 saturated carbocycles. The highest BCUT2D eigenvalue weighted by molar-refractivity contribution is 6.31. The van der Waals surface area contributed by atoms with E-state index in [0.717, 1.165) is 0 Å². The van der Waals surface area contributed by atoms with Crippen molar-refractivity contribution >= 4 is 11.6 Å². The number of ether oxygens (including phenoxy) is 1. The Bertz CT molecular complexity index is 315. The fraction of sp³-hybridized carbons (Fsp3) is 0.333. The lowest BCUT2D eigenvalue weighted by Gasteiger charge is -2.13. The Labute approximate surface area is 81.4 Å². The zero-order chi connectivity index (χ0) is 10.0. The van der Waals surface area contributed by atoms with Gasteiger partial charge in [-0.15, -0.1) is 0 Å². The average molecular weight is 204 g/mol. The van der Waals surface area contributed by atoms with Gasteiger partial charge in [-0.3, -0.25) is 0 Å². The molecule has 0 aliphatic rings. The molecule has 0 spiro atoms. The zero-order valence-corrected chi connectivity index (χ0v) is 8.23. The van der Waals surface area contributed by atoms with Crippen molar-refractivity contribution in [1.82, 2.24) is 0 Å². The first-order chi connectivity index (χ1) is 6.07. The van der Waals surface area contributed by atoms with Gasteiger partial charge >= 0.3 is 0 Å². The molecular formula is C9H11ClFNO. The molecular weight excluding hydrogens is 193 g/mol. The van der Waals surface area contributed by atoms with E-state index in [1.807, 2.05) is 0 Å². The second-order valence-electron chi connectivity index (χ2n) is 2.77. The molecule has 2 N–H and O–H groups in total. The first kappa shape index (κ1) is 10.3. The molecule has 0 heterocycles. The number of halogens is 2. The fourth-order valence-corrected chi connectivity index (χ4v) is 1.48. The smallest absolute Gasteiger partial charge is 0.142 e. The summed E-state index contributed by atoms with van der Waals surface area (Å²) in [6, 6.07) is 2.42. The largest absolute Gasteiger partial charge is 0.496 e. The number of rotatable bonds is 2. The van der Waals surface area contributed by atoms with Crippen molar-refractivity contribution in [1.29, 1.82) is 0 Å². The molecule has 1 aromatic carbocycles. The van der Waals surface area contributed by atoms with E-state index in [4.69, 9.17) is 22.1 Å². The molecule has 0 aliphatic carbocycles. The molecule has 4 heteroatoms. The maximum atomic E-state index is 13.0. The third-order valence-electron chi connectivity index (χ3n) is 1.77. The van der Waals surface area contributed by atoms with Gasteiger partial charge in [-0.25, -0.2) is 4.39 Å². The number of methoxy groups -OCH3 is 1. The van der Waals surface area contributed by atoms with Crippen molar-refractivity contribution in [3.63, 3.8) is 0 Å². The lowest BCUT2D eigenvalue weighted by atomic mass is 10.1. The number of hydrogen-bond acceptors (Lipinski definition) is 2. The SMILES string of the molecule is COc1ccc(F)c(Cl)c1[C@@H](C)N. The highest BCUT2D eigenvalue weighted by Gasteiger charge is 2.15. The molecule has 0 saturated heterocycles. The molecule has 0 aliphatic heterocycles. The lowest BCUT2D eigenvalue weighted by Crippen LogP contribution is -2.08. The molecule has 0 unspecified atom stereocenters. The fourth-order valence-electron chi connectivity index (χ4n) is 1.15. The van der Waals surface area contributed by atoms with Crippen LogP contribution in [0.5, 0.6) is 5.75 Å². The topological polar surface area (TPSA) is 35.2 Å². The highest BCUT2D eigenvalue weighted by Crippen LogP contribution is 2.32. The standard InChI is InChI=1S/C9H11ClFNO/c1-5(12)8-7(13-2)4-3-6(11)9(8)10/h3-5H,12H2,1-2H3/t5-/m1/s1. The minimum atomic E-state index is -0.477. The van der Waals surface area contributed by atoms with Gasteiger partial charge in [-0.2, -0.15) is 0 Å². The van der Waals surface area contributed by atoms with Gasteiger partial charge in [0.05, 0.1) is 12.1 Å². The van der Waals surface area contributed by atoms with E-state index in [1.54, 1.807) is 6.92 Å². The predicted molar refractivity (Wildman–Crippen MR) is 50.6 cm³/mol. The van der Waals surface area contributed by atoms with Crippen LogP contribution in [0.3, 0.4) is 0 Å². The molecule has 13 heavy (non-hydrogen) atoms. The Balaban J connectivity index is 3.32. The second kappa shape index (κ2) is 3.94. The van der Waals surface area contributed by atoms with Crippen LogP contribution >= 0.6 is 11.6 Å². The van der Waals surface area contributed by atoms with Crippen LogP contribution in [-0.2, 0) is 0 Å². The number of benzene rings is 1. The summed E-state index contributed by atoms with van der Waals surface area (Å²) in [6.45, 7) is 1.73. The van der Waals surface area contributed by atoms with Crippen LogP contribution in [0, 0.1) is 5.82 Å². The molecule has 0 aromatic heterocycles.